The van der Waals surface area contributed by atoms with Gasteiger partial charge in [-0.1, -0.05) is 13.8 Å². The number of carbonyl (C=O) groups is 1. The molecule has 1 amide bonds. The van der Waals surface area contributed by atoms with Gasteiger partial charge in [-0.3, -0.25) is 4.79 Å². The lowest BCUT2D eigenvalue weighted by Gasteiger charge is -2.16. The number of carbonyl (C=O) groups excluding carboxylic acids is 1. The second kappa shape index (κ2) is 3.73. The Morgan fingerprint density at radius 3 is 2.59 bits per heavy atom. The van der Waals surface area contributed by atoms with Crippen molar-refractivity contribution in [3.05, 3.63) is 23.8 Å². The highest BCUT2D eigenvalue weighted by molar-refractivity contribution is 7.90. The van der Waals surface area contributed by atoms with E-state index in [0.29, 0.717) is 5.69 Å². The van der Waals surface area contributed by atoms with Crippen molar-refractivity contribution in [1.29, 1.82) is 0 Å². The van der Waals surface area contributed by atoms with E-state index in [9.17, 15) is 13.2 Å². The Kier molecular flexibility index (Phi) is 2.61. The van der Waals surface area contributed by atoms with Gasteiger partial charge in [-0.05, 0) is 24.1 Å². The lowest BCUT2D eigenvalue weighted by atomic mass is 10.2. The van der Waals surface area contributed by atoms with E-state index >= 15 is 0 Å². The van der Waals surface area contributed by atoms with Crippen LogP contribution in [0, 0.1) is 5.92 Å². The summed E-state index contributed by atoms with van der Waals surface area (Å²) in [7, 11) is -3.71. The summed E-state index contributed by atoms with van der Waals surface area (Å²) in [5.74, 6) is -0.380. The molecule has 2 N–H and O–H groups in total. The fourth-order valence-electron chi connectivity index (χ4n) is 1.80. The number of amides is 1. The van der Waals surface area contributed by atoms with Gasteiger partial charge in [0.1, 0.15) is 4.90 Å². The first-order valence-corrected chi connectivity index (χ1v) is 6.74. The number of nitrogens with zero attached hydrogens (tertiary/aromatic N) is 1. The Bertz CT molecular complexity index is 578. The van der Waals surface area contributed by atoms with Crippen LogP contribution in [0.25, 0.3) is 0 Å². The molecule has 5 nitrogen and oxygen atoms in total. The zero-order valence-corrected chi connectivity index (χ0v) is 10.5. The third kappa shape index (κ3) is 1.78. The summed E-state index contributed by atoms with van der Waals surface area (Å²) >= 11 is 0. The van der Waals surface area contributed by atoms with Gasteiger partial charge in [-0.25, -0.2) is 12.7 Å². The predicted octanol–water partition coefficient (Wildman–Crippen LogP) is 1.07. The first kappa shape index (κ1) is 11.9. The number of nitrogens with two attached hydrogens (primary N) is 1. The van der Waals surface area contributed by atoms with Gasteiger partial charge >= 0.3 is 0 Å². The first-order chi connectivity index (χ1) is 7.84. The van der Waals surface area contributed by atoms with Crippen molar-refractivity contribution < 1.29 is 13.2 Å². The molecule has 0 aromatic heterocycles. The third-order valence-corrected chi connectivity index (χ3v) is 4.35. The van der Waals surface area contributed by atoms with E-state index in [1.54, 1.807) is 0 Å². The van der Waals surface area contributed by atoms with E-state index < -0.39 is 15.9 Å². The average molecular weight is 254 g/mol. The molecule has 0 unspecified atom stereocenters. The largest absolute Gasteiger partial charge is 0.399 e. The SMILES string of the molecule is CC(C)CN1C(=O)c2ccc(N)cc2S1(=O)=O. The van der Waals surface area contributed by atoms with Crippen LogP contribution < -0.4 is 5.73 Å². The Labute approximate surface area is 100 Å². The number of sulfonamides is 1. The molecule has 0 atom stereocenters. The van der Waals surface area contributed by atoms with Crippen molar-refractivity contribution in [1.82, 2.24) is 4.31 Å². The van der Waals surface area contributed by atoms with Crippen LogP contribution in [0.3, 0.4) is 0 Å². The van der Waals surface area contributed by atoms with Gasteiger partial charge in [0.05, 0.1) is 5.56 Å². The number of hydrogen-bond donors (Lipinski definition) is 1. The molecule has 1 aromatic carbocycles. The zero-order chi connectivity index (χ0) is 12.8. The third-order valence-electron chi connectivity index (χ3n) is 2.56. The summed E-state index contributed by atoms with van der Waals surface area (Å²) in [5, 5.41) is 0. The Balaban J connectivity index is 2.57. The zero-order valence-electron chi connectivity index (χ0n) is 9.67. The van der Waals surface area contributed by atoms with Gasteiger partial charge in [0.25, 0.3) is 15.9 Å². The molecule has 2 rings (SSSR count). The van der Waals surface area contributed by atoms with Crippen LogP contribution in [0.15, 0.2) is 23.1 Å². The van der Waals surface area contributed by atoms with Crippen LogP contribution in [-0.4, -0.2) is 25.2 Å². The maximum Gasteiger partial charge on any atom is 0.269 e. The molecule has 0 saturated carbocycles. The molecule has 0 fully saturated rings. The molecule has 0 bridgehead atoms. The molecule has 0 radical (unpaired) electrons. The van der Waals surface area contributed by atoms with Crippen molar-refractivity contribution in [2.45, 2.75) is 18.7 Å². The molecule has 17 heavy (non-hydrogen) atoms. The minimum Gasteiger partial charge on any atom is -0.399 e. The number of nitrogen functional groups attached to an aromatic ring is 1. The minimum atomic E-state index is -3.71. The van der Waals surface area contributed by atoms with E-state index in [1.165, 1.54) is 18.2 Å². The summed E-state index contributed by atoms with van der Waals surface area (Å²) in [6, 6.07) is 4.33. The fourth-order valence-corrected chi connectivity index (χ4v) is 3.57. The lowest BCUT2D eigenvalue weighted by Crippen LogP contribution is -2.33. The summed E-state index contributed by atoms with van der Waals surface area (Å²) in [5.41, 5.74) is 6.10. The topological polar surface area (TPSA) is 80.5 Å². The van der Waals surface area contributed by atoms with Crippen molar-refractivity contribution in [2.24, 2.45) is 5.92 Å². The molecule has 0 spiro atoms. The van der Waals surface area contributed by atoms with Crippen LogP contribution in [0.2, 0.25) is 0 Å². The fraction of sp³-hybridized carbons (Fsp3) is 0.364. The van der Waals surface area contributed by atoms with Crippen LogP contribution in [0.1, 0.15) is 24.2 Å². The molecule has 1 heterocycles. The first-order valence-electron chi connectivity index (χ1n) is 5.30. The van der Waals surface area contributed by atoms with Gasteiger partial charge in [-0.15, -0.1) is 0 Å². The highest BCUT2D eigenvalue weighted by Crippen LogP contribution is 2.32. The number of hydrogen-bond acceptors (Lipinski definition) is 4. The van der Waals surface area contributed by atoms with Crippen molar-refractivity contribution >= 4 is 21.6 Å². The number of benzene rings is 1. The summed E-state index contributed by atoms with van der Waals surface area (Å²) < 4.78 is 25.2. The molecule has 0 aliphatic carbocycles. The number of fused-ring (bicyclic) bond motifs is 1. The Morgan fingerprint density at radius 1 is 1.35 bits per heavy atom. The molecule has 6 heteroatoms. The van der Waals surface area contributed by atoms with E-state index in [2.05, 4.69) is 0 Å². The average Bonchev–Trinajstić information content (AvgIpc) is 2.40. The highest BCUT2D eigenvalue weighted by Gasteiger charge is 2.41. The second-order valence-electron chi connectivity index (χ2n) is 4.49. The lowest BCUT2D eigenvalue weighted by molar-refractivity contribution is 0.0861. The maximum atomic E-state index is 12.1. The monoisotopic (exact) mass is 254 g/mol. The quantitative estimate of drug-likeness (QED) is 0.800. The van der Waals surface area contributed by atoms with E-state index in [-0.39, 0.29) is 22.9 Å². The Morgan fingerprint density at radius 2 is 2.00 bits per heavy atom. The smallest absolute Gasteiger partial charge is 0.269 e. The maximum absolute atomic E-state index is 12.1. The van der Waals surface area contributed by atoms with Crippen LogP contribution in [-0.2, 0) is 10.0 Å². The van der Waals surface area contributed by atoms with Crippen molar-refractivity contribution in [3.8, 4) is 0 Å². The van der Waals surface area contributed by atoms with Crippen LogP contribution >= 0.6 is 0 Å². The van der Waals surface area contributed by atoms with Gasteiger partial charge in [0.15, 0.2) is 0 Å². The normalized spacial score (nSPS) is 17.6. The summed E-state index contributed by atoms with van der Waals surface area (Å²) in [6.45, 7) is 3.91. The van der Waals surface area contributed by atoms with E-state index in [4.69, 9.17) is 5.73 Å². The highest BCUT2D eigenvalue weighted by atomic mass is 32.2. The number of rotatable bonds is 2. The van der Waals surface area contributed by atoms with Gasteiger partial charge in [-0.2, -0.15) is 0 Å². The molecule has 1 aliphatic heterocycles. The predicted molar refractivity (Wildman–Crippen MR) is 63.9 cm³/mol. The summed E-state index contributed by atoms with van der Waals surface area (Å²) in [6.07, 6.45) is 0. The molecular formula is C11H14N2O3S. The van der Waals surface area contributed by atoms with Gasteiger partial charge in [0, 0.05) is 12.2 Å². The van der Waals surface area contributed by atoms with E-state index in [0.717, 1.165) is 4.31 Å². The summed E-state index contributed by atoms with van der Waals surface area (Å²) in [4.78, 5) is 12.0. The van der Waals surface area contributed by atoms with Crippen molar-refractivity contribution in [3.63, 3.8) is 0 Å². The molecule has 1 aromatic rings. The molecular weight excluding hydrogens is 240 g/mol. The van der Waals surface area contributed by atoms with Crippen molar-refractivity contribution in [2.75, 3.05) is 12.3 Å². The van der Waals surface area contributed by atoms with Crippen LogP contribution in [0.4, 0.5) is 5.69 Å². The van der Waals surface area contributed by atoms with Crippen LogP contribution in [0.5, 0.6) is 0 Å². The minimum absolute atomic E-state index is 0.0168. The molecule has 0 saturated heterocycles. The standard InChI is InChI=1S/C11H14N2O3S/c1-7(2)6-13-11(14)9-4-3-8(12)5-10(9)17(13,15)16/h3-5,7H,6,12H2,1-2H3. The number of anilines is 1. The van der Waals surface area contributed by atoms with Gasteiger partial charge < -0.3 is 5.73 Å². The Hall–Kier alpha value is -1.56. The van der Waals surface area contributed by atoms with E-state index in [1.807, 2.05) is 13.8 Å². The molecule has 92 valence electrons. The molecule has 1 aliphatic rings. The van der Waals surface area contributed by atoms with Gasteiger partial charge in [0.2, 0.25) is 0 Å². The second-order valence-corrected chi connectivity index (χ2v) is 6.32.